The number of aliphatic hydroxyl groups excluding tert-OH is 1. The SMILES string of the molecule is CCN(C(C)COC)C1COc2ccccc2C1O. The van der Waals surface area contributed by atoms with Gasteiger partial charge in [0.2, 0.25) is 0 Å². The molecule has 0 bridgehead atoms. The molecule has 1 heterocycles. The van der Waals surface area contributed by atoms with Gasteiger partial charge >= 0.3 is 0 Å². The van der Waals surface area contributed by atoms with E-state index in [0.29, 0.717) is 13.2 Å². The lowest BCUT2D eigenvalue weighted by atomic mass is 9.97. The van der Waals surface area contributed by atoms with Gasteiger partial charge < -0.3 is 14.6 Å². The third kappa shape index (κ3) is 2.91. The summed E-state index contributed by atoms with van der Waals surface area (Å²) in [5, 5.41) is 10.6. The summed E-state index contributed by atoms with van der Waals surface area (Å²) in [6.45, 7) is 6.23. The highest BCUT2D eigenvalue weighted by Gasteiger charge is 2.34. The quantitative estimate of drug-likeness (QED) is 0.882. The number of methoxy groups -OCH3 is 1. The molecule has 106 valence electrons. The van der Waals surface area contributed by atoms with Crippen LogP contribution >= 0.6 is 0 Å². The molecule has 4 heteroatoms. The first-order valence-corrected chi connectivity index (χ1v) is 6.83. The molecule has 1 aromatic carbocycles. The Bertz CT molecular complexity index is 410. The fourth-order valence-electron chi connectivity index (χ4n) is 2.82. The molecule has 1 aromatic rings. The number of para-hydroxylation sites is 1. The van der Waals surface area contributed by atoms with Crippen LogP contribution in [0.2, 0.25) is 0 Å². The van der Waals surface area contributed by atoms with Gasteiger partial charge in [-0.3, -0.25) is 4.90 Å². The number of nitrogens with zero attached hydrogens (tertiary/aromatic N) is 1. The van der Waals surface area contributed by atoms with Crippen LogP contribution in [0.3, 0.4) is 0 Å². The van der Waals surface area contributed by atoms with Crippen molar-refractivity contribution >= 4 is 0 Å². The van der Waals surface area contributed by atoms with Crippen LogP contribution in [0.4, 0.5) is 0 Å². The van der Waals surface area contributed by atoms with Gasteiger partial charge in [-0.15, -0.1) is 0 Å². The van der Waals surface area contributed by atoms with Crippen LogP contribution in [0.5, 0.6) is 5.75 Å². The number of benzene rings is 1. The van der Waals surface area contributed by atoms with E-state index in [0.717, 1.165) is 17.9 Å². The number of hydrogen-bond donors (Lipinski definition) is 1. The van der Waals surface area contributed by atoms with Crippen molar-refractivity contribution in [3.05, 3.63) is 29.8 Å². The second kappa shape index (κ2) is 6.37. The summed E-state index contributed by atoms with van der Waals surface area (Å²) in [6, 6.07) is 7.93. The van der Waals surface area contributed by atoms with Crippen LogP contribution in [0.15, 0.2) is 24.3 Å². The first-order chi connectivity index (χ1) is 9.19. The van der Waals surface area contributed by atoms with Crippen LogP contribution in [0.1, 0.15) is 25.5 Å². The Morgan fingerprint density at radius 2 is 2.21 bits per heavy atom. The minimum absolute atomic E-state index is 0.0231. The van der Waals surface area contributed by atoms with Crippen molar-refractivity contribution < 1.29 is 14.6 Å². The van der Waals surface area contributed by atoms with Gasteiger partial charge in [-0.1, -0.05) is 25.1 Å². The molecule has 1 aliphatic heterocycles. The standard InChI is InChI=1S/C15H23NO3/c1-4-16(11(2)9-18-3)13-10-19-14-8-6-5-7-12(14)15(13)17/h5-8,11,13,15,17H,4,9-10H2,1-3H3. The number of fused-ring (bicyclic) bond motifs is 1. The largest absolute Gasteiger partial charge is 0.491 e. The van der Waals surface area contributed by atoms with Crippen molar-refractivity contribution in [2.75, 3.05) is 26.9 Å². The van der Waals surface area contributed by atoms with E-state index in [2.05, 4.69) is 18.7 Å². The summed E-state index contributed by atoms with van der Waals surface area (Å²) in [4.78, 5) is 2.24. The summed E-state index contributed by atoms with van der Waals surface area (Å²) >= 11 is 0. The first-order valence-electron chi connectivity index (χ1n) is 6.83. The Balaban J connectivity index is 2.18. The van der Waals surface area contributed by atoms with Crippen LogP contribution in [-0.4, -0.2) is 49.0 Å². The van der Waals surface area contributed by atoms with Crippen molar-refractivity contribution in [1.29, 1.82) is 0 Å². The summed E-state index contributed by atoms with van der Waals surface area (Å²) in [6.07, 6.45) is -0.510. The summed E-state index contributed by atoms with van der Waals surface area (Å²) in [5.41, 5.74) is 0.877. The van der Waals surface area contributed by atoms with Gasteiger partial charge in [-0.2, -0.15) is 0 Å². The number of aliphatic hydroxyl groups is 1. The molecule has 0 saturated carbocycles. The molecule has 1 aliphatic rings. The van der Waals surface area contributed by atoms with E-state index in [-0.39, 0.29) is 12.1 Å². The van der Waals surface area contributed by atoms with Crippen molar-refractivity contribution in [1.82, 2.24) is 4.90 Å². The van der Waals surface area contributed by atoms with E-state index in [1.54, 1.807) is 7.11 Å². The van der Waals surface area contributed by atoms with Crippen LogP contribution < -0.4 is 4.74 Å². The maximum absolute atomic E-state index is 10.6. The Labute approximate surface area is 114 Å². The molecule has 0 aliphatic carbocycles. The molecule has 1 N–H and O–H groups in total. The molecule has 0 fully saturated rings. The van der Waals surface area contributed by atoms with E-state index < -0.39 is 6.10 Å². The van der Waals surface area contributed by atoms with Crippen molar-refractivity contribution in [3.63, 3.8) is 0 Å². The van der Waals surface area contributed by atoms with E-state index in [1.165, 1.54) is 0 Å². The third-order valence-corrected chi connectivity index (χ3v) is 3.78. The predicted molar refractivity (Wildman–Crippen MR) is 74.4 cm³/mol. The van der Waals surface area contributed by atoms with Crippen molar-refractivity contribution in [2.45, 2.75) is 32.0 Å². The molecule has 19 heavy (non-hydrogen) atoms. The monoisotopic (exact) mass is 265 g/mol. The first kappa shape index (κ1) is 14.3. The minimum Gasteiger partial charge on any atom is -0.491 e. The lowest BCUT2D eigenvalue weighted by molar-refractivity contribution is -0.0256. The highest BCUT2D eigenvalue weighted by Crippen LogP contribution is 2.34. The average Bonchev–Trinajstić information content (AvgIpc) is 2.43. The van der Waals surface area contributed by atoms with Crippen molar-refractivity contribution in [3.8, 4) is 5.75 Å². The second-order valence-electron chi connectivity index (χ2n) is 5.00. The Morgan fingerprint density at radius 3 is 2.89 bits per heavy atom. The molecule has 0 saturated heterocycles. The lowest BCUT2D eigenvalue weighted by Gasteiger charge is -2.40. The topological polar surface area (TPSA) is 41.9 Å². The molecule has 0 amide bonds. The fourth-order valence-corrected chi connectivity index (χ4v) is 2.82. The molecule has 4 nitrogen and oxygen atoms in total. The summed E-state index contributed by atoms with van der Waals surface area (Å²) in [5.74, 6) is 0.793. The van der Waals surface area contributed by atoms with Gasteiger partial charge in [0.25, 0.3) is 0 Å². The van der Waals surface area contributed by atoms with E-state index in [4.69, 9.17) is 9.47 Å². The van der Waals surface area contributed by atoms with Gasteiger partial charge in [0.1, 0.15) is 18.5 Å². The Morgan fingerprint density at radius 1 is 1.47 bits per heavy atom. The minimum atomic E-state index is -0.510. The maximum atomic E-state index is 10.6. The highest BCUT2D eigenvalue weighted by atomic mass is 16.5. The van der Waals surface area contributed by atoms with Crippen molar-refractivity contribution in [2.24, 2.45) is 0 Å². The maximum Gasteiger partial charge on any atom is 0.125 e. The van der Waals surface area contributed by atoms with E-state index >= 15 is 0 Å². The zero-order chi connectivity index (χ0) is 13.8. The number of rotatable bonds is 5. The van der Waals surface area contributed by atoms with Gasteiger partial charge in [0.05, 0.1) is 12.6 Å². The molecule has 3 atom stereocenters. The van der Waals surface area contributed by atoms with Crippen LogP contribution in [0.25, 0.3) is 0 Å². The fraction of sp³-hybridized carbons (Fsp3) is 0.600. The molecule has 2 rings (SSSR count). The molecular formula is C15H23NO3. The van der Waals surface area contributed by atoms with Crippen LogP contribution in [0, 0.1) is 0 Å². The number of hydrogen-bond acceptors (Lipinski definition) is 4. The summed E-state index contributed by atoms with van der Waals surface area (Å²) in [7, 11) is 1.70. The Hall–Kier alpha value is -1.10. The molecule has 0 spiro atoms. The molecule has 0 radical (unpaired) electrons. The number of likely N-dealkylation sites (N-methyl/N-ethyl adjacent to an activating group) is 1. The predicted octanol–water partition coefficient (Wildman–Crippen LogP) is 1.84. The van der Waals surface area contributed by atoms with Gasteiger partial charge in [-0.05, 0) is 19.5 Å². The van der Waals surface area contributed by atoms with Gasteiger partial charge in [0, 0.05) is 18.7 Å². The van der Waals surface area contributed by atoms with Gasteiger partial charge in [-0.25, -0.2) is 0 Å². The van der Waals surface area contributed by atoms with Crippen LogP contribution in [-0.2, 0) is 4.74 Å². The lowest BCUT2D eigenvalue weighted by Crippen LogP contribution is -2.51. The highest BCUT2D eigenvalue weighted by molar-refractivity contribution is 5.37. The Kier molecular flexibility index (Phi) is 4.80. The van der Waals surface area contributed by atoms with E-state index in [1.807, 2.05) is 24.3 Å². The van der Waals surface area contributed by atoms with Gasteiger partial charge in [0.15, 0.2) is 0 Å². The average molecular weight is 265 g/mol. The smallest absolute Gasteiger partial charge is 0.125 e. The second-order valence-corrected chi connectivity index (χ2v) is 5.00. The summed E-state index contributed by atoms with van der Waals surface area (Å²) < 4.78 is 11.0. The third-order valence-electron chi connectivity index (χ3n) is 3.78. The molecule has 0 aromatic heterocycles. The normalized spacial score (nSPS) is 23.8. The zero-order valence-electron chi connectivity index (χ0n) is 11.9. The zero-order valence-corrected chi connectivity index (χ0v) is 11.9. The molecule has 3 unspecified atom stereocenters. The van der Waals surface area contributed by atoms with E-state index in [9.17, 15) is 5.11 Å². The molecular weight excluding hydrogens is 242 g/mol. The number of ether oxygens (including phenoxy) is 2.